The van der Waals surface area contributed by atoms with Crippen LogP contribution in [-0.4, -0.2) is 27.5 Å². The van der Waals surface area contributed by atoms with Gasteiger partial charge in [0.05, 0.1) is 18.7 Å². The number of allylic oxidation sites excluding steroid dienone is 1. The maximum atomic E-state index is 10.7. The second-order valence-electron chi connectivity index (χ2n) is 6.00. The van der Waals surface area contributed by atoms with Crippen molar-refractivity contribution in [2.75, 3.05) is 6.61 Å². The number of carbonyl (C=O) groups is 1. The zero-order valence-electron chi connectivity index (χ0n) is 14.8. The maximum absolute atomic E-state index is 10.7. The molecule has 0 radical (unpaired) electrons. The van der Waals surface area contributed by atoms with E-state index in [1.165, 1.54) is 5.57 Å². The number of aliphatic carboxylic acids is 1. The highest BCUT2D eigenvalue weighted by atomic mass is 79.9. The SMILES string of the molecule is C/C=C(\C)COc1ccc(Br)cc1Cn1nc(CCC(=O)O)cc1C. The Labute approximate surface area is 156 Å². The van der Waals surface area contributed by atoms with Crippen molar-refractivity contribution in [3.05, 3.63) is 57.3 Å². The second-order valence-corrected chi connectivity index (χ2v) is 6.92. The number of aryl methyl sites for hydroxylation is 2. The van der Waals surface area contributed by atoms with E-state index in [1.54, 1.807) is 0 Å². The summed E-state index contributed by atoms with van der Waals surface area (Å²) in [7, 11) is 0. The summed E-state index contributed by atoms with van der Waals surface area (Å²) in [6.45, 7) is 7.12. The van der Waals surface area contributed by atoms with E-state index in [2.05, 4.69) is 21.0 Å². The molecular formula is C19H23BrN2O3. The minimum Gasteiger partial charge on any atom is -0.489 e. The Hall–Kier alpha value is -2.08. The van der Waals surface area contributed by atoms with Gasteiger partial charge in [-0.25, -0.2) is 0 Å². The molecule has 0 spiro atoms. The lowest BCUT2D eigenvalue weighted by Crippen LogP contribution is -2.08. The summed E-state index contributed by atoms with van der Waals surface area (Å²) < 4.78 is 8.80. The molecule has 1 N–H and O–H groups in total. The summed E-state index contributed by atoms with van der Waals surface area (Å²) in [5.74, 6) is 0.0145. The molecule has 5 nitrogen and oxygen atoms in total. The van der Waals surface area contributed by atoms with Crippen molar-refractivity contribution in [3.63, 3.8) is 0 Å². The van der Waals surface area contributed by atoms with Crippen LogP contribution in [0.2, 0.25) is 0 Å². The lowest BCUT2D eigenvalue weighted by Gasteiger charge is -2.13. The highest BCUT2D eigenvalue weighted by Crippen LogP contribution is 2.25. The average molecular weight is 407 g/mol. The van der Waals surface area contributed by atoms with E-state index in [0.29, 0.717) is 19.6 Å². The Balaban J connectivity index is 2.18. The monoisotopic (exact) mass is 406 g/mol. The Morgan fingerprint density at radius 1 is 1.40 bits per heavy atom. The molecule has 0 amide bonds. The van der Waals surface area contributed by atoms with E-state index in [-0.39, 0.29) is 6.42 Å². The number of hydrogen-bond donors (Lipinski definition) is 1. The summed E-state index contributed by atoms with van der Waals surface area (Å²) >= 11 is 3.51. The smallest absolute Gasteiger partial charge is 0.303 e. The fourth-order valence-electron chi connectivity index (χ4n) is 2.34. The number of rotatable bonds is 8. The Kier molecular flexibility index (Phi) is 6.82. The fraction of sp³-hybridized carbons (Fsp3) is 0.368. The van der Waals surface area contributed by atoms with Gasteiger partial charge in [-0.2, -0.15) is 5.10 Å². The van der Waals surface area contributed by atoms with Crippen molar-refractivity contribution in [3.8, 4) is 5.75 Å². The molecule has 25 heavy (non-hydrogen) atoms. The lowest BCUT2D eigenvalue weighted by atomic mass is 10.2. The number of benzene rings is 1. The molecule has 1 heterocycles. The third kappa shape index (κ3) is 5.74. The molecule has 0 atom stereocenters. The number of carboxylic acid groups (broad SMARTS) is 1. The van der Waals surface area contributed by atoms with Crippen LogP contribution in [0.4, 0.5) is 0 Å². The highest BCUT2D eigenvalue weighted by Gasteiger charge is 2.11. The quantitative estimate of drug-likeness (QED) is 0.661. The van der Waals surface area contributed by atoms with Gasteiger partial charge in [0, 0.05) is 22.2 Å². The number of carboxylic acids is 1. The number of ether oxygens (including phenoxy) is 1. The van der Waals surface area contributed by atoms with Crippen molar-refractivity contribution in [1.82, 2.24) is 9.78 Å². The number of hydrogen-bond acceptors (Lipinski definition) is 3. The van der Waals surface area contributed by atoms with Crippen LogP contribution >= 0.6 is 15.9 Å². The van der Waals surface area contributed by atoms with Crippen LogP contribution in [0.15, 0.2) is 40.4 Å². The predicted octanol–water partition coefficient (Wildman–Crippen LogP) is 4.36. The highest BCUT2D eigenvalue weighted by molar-refractivity contribution is 9.10. The van der Waals surface area contributed by atoms with Gasteiger partial charge in [0.25, 0.3) is 0 Å². The Bertz CT molecular complexity index is 781. The molecule has 2 aromatic rings. The molecule has 0 saturated heterocycles. The van der Waals surface area contributed by atoms with E-state index in [0.717, 1.165) is 27.2 Å². The van der Waals surface area contributed by atoms with Gasteiger partial charge in [-0.05, 0) is 50.6 Å². The van der Waals surface area contributed by atoms with Gasteiger partial charge in [0.15, 0.2) is 0 Å². The largest absolute Gasteiger partial charge is 0.489 e. The van der Waals surface area contributed by atoms with E-state index in [9.17, 15) is 4.79 Å². The molecule has 0 aliphatic carbocycles. The van der Waals surface area contributed by atoms with Crippen LogP contribution in [-0.2, 0) is 17.8 Å². The molecule has 6 heteroatoms. The van der Waals surface area contributed by atoms with Gasteiger partial charge in [-0.1, -0.05) is 22.0 Å². The number of nitrogens with zero attached hydrogens (tertiary/aromatic N) is 2. The van der Waals surface area contributed by atoms with Crippen LogP contribution in [0.3, 0.4) is 0 Å². The molecule has 0 bridgehead atoms. The first-order valence-corrected chi connectivity index (χ1v) is 8.96. The summed E-state index contributed by atoms with van der Waals surface area (Å²) in [4.78, 5) is 10.7. The summed E-state index contributed by atoms with van der Waals surface area (Å²) in [5.41, 5.74) is 3.98. The molecule has 0 aliphatic heterocycles. The topological polar surface area (TPSA) is 64.4 Å². The summed E-state index contributed by atoms with van der Waals surface area (Å²) in [6, 6.07) is 7.87. The van der Waals surface area contributed by atoms with Crippen LogP contribution in [0.1, 0.15) is 37.2 Å². The van der Waals surface area contributed by atoms with Crippen molar-refractivity contribution in [2.24, 2.45) is 0 Å². The minimum absolute atomic E-state index is 0.0876. The van der Waals surface area contributed by atoms with E-state index in [4.69, 9.17) is 9.84 Å². The van der Waals surface area contributed by atoms with E-state index in [1.807, 2.05) is 55.8 Å². The lowest BCUT2D eigenvalue weighted by molar-refractivity contribution is -0.136. The molecule has 1 aromatic carbocycles. The molecule has 0 aliphatic rings. The van der Waals surface area contributed by atoms with Crippen LogP contribution in [0, 0.1) is 6.92 Å². The van der Waals surface area contributed by atoms with Crippen molar-refractivity contribution in [2.45, 2.75) is 40.2 Å². The zero-order chi connectivity index (χ0) is 18.4. The molecule has 134 valence electrons. The van der Waals surface area contributed by atoms with Crippen molar-refractivity contribution < 1.29 is 14.6 Å². The van der Waals surface area contributed by atoms with Gasteiger partial charge in [-0.15, -0.1) is 0 Å². The number of aromatic nitrogens is 2. The third-order valence-electron chi connectivity index (χ3n) is 3.92. The predicted molar refractivity (Wildman–Crippen MR) is 101 cm³/mol. The fourth-order valence-corrected chi connectivity index (χ4v) is 2.75. The van der Waals surface area contributed by atoms with Crippen LogP contribution < -0.4 is 4.74 Å². The molecule has 0 saturated carbocycles. The van der Waals surface area contributed by atoms with Crippen molar-refractivity contribution in [1.29, 1.82) is 0 Å². The molecule has 1 aromatic heterocycles. The van der Waals surface area contributed by atoms with E-state index >= 15 is 0 Å². The second kappa shape index (κ2) is 8.85. The normalized spacial score (nSPS) is 11.6. The van der Waals surface area contributed by atoms with Crippen LogP contribution in [0.25, 0.3) is 0 Å². The molecule has 0 unspecified atom stereocenters. The first-order chi connectivity index (χ1) is 11.9. The number of halogens is 1. The average Bonchev–Trinajstić information content (AvgIpc) is 2.91. The third-order valence-corrected chi connectivity index (χ3v) is 4.41. The van der Waals surface area contributed by atoms with Gasteiger partial charge in [0.2, 0.25) is 0 Å². The van der Waals surface area contributed by atoms with Gasteiger partial charge in [-0.3, -0.25) is 9.48 Å². The standard InChI is InChI=1S/C19H23BrN2O3/c1-4-13(2)12-25-18-7-5-16(20)10-15(18)11-22-14(3)9-17(21-22)6-8-19(23)24/h4-5,7,9-10H,6,8,11-12H2,1-3H3,(H,23,24)/b13-4+. The van der Waals surface area contributed by atoms with Crippen LogP contribution in [0.5, 0.6) is 5.75 Å². The Morgan fingerprint density at radius 3 is 2.84 bits per heavy atom. The summed E-state index contributed by atoms with van der Waals surface area (Å²) in [5, 5.41) is 13.3. The summed E-state index contributed by atoms with van der Waals surface area (Å²) in [6.07, 6.45) is 2.56. The first-order valence-electron chi connectivity index (χ1n) is 8.17. The zero-order valence-corrected chi connectivity index (χ0v) is 16.3. The Morgan fingerprint density at radius 2 is 2.16 bits per heavy atom. The molecule has 2 rings (SSSR count). The minimum atomic E-state index is -0.811. The molecular weight excluding hydrogens is 384 g/mol. The van der Waals surface area contributed by atoms with Gasteiger partial charge in [0.1, 0.15) is 12.4 Å². The first kappa shape index (κ1) is 19.2. The maximum Gasteiger partial charge on any atom is 0.303 e. The van der Waals surface area contributed by atoms with E-state index < -0.39 is 5.97 Å². The van der Waals surface area contributed by atoms with Gasteiger partial charge >= 0.3 is 5.97 Å². The molecule has 0 fully saturated rings. The van der Waals surface area contributed by atoms with Gasteiger partial charge < -0.3 is 9.84 Å². The van der Waals surface area contributed by atoms with Crippen molar-refractivity contribution >= 4 is 21.9 Å².